The summed E-state index contributed by atoms with van der Waals surface area (Å²) in [5.41, 5.74) is 23.2. The minimum Gasteiger partial charge on any atom is -0.344 e. The van der Waals surface area contributed by atoms with E-state index in [1.54, 1.807) is 110 Å². The summed E-state index contributed by atoms with van der Waals surface area (Å²) in [4.78, 5) is 93.1. The molecule has 3 atom stereocenters. The van der Waals surface area contributed by atoms with Crippen LogP contribution in [0.3, 0.4) is 0 Å². The number of hydrogen-bond donors (Lipinski definition) is 9. The average Bonchev–Trinajstić information content (AvgIpc) is 3.42. The zero-order valence-corrected chi connectivity index (χ0v) is 42.8. The number of nitrogens with zero attached hydrogens (tertiary/aromatic N) is 3. The van der Waals surface area contributed by atoms with Gasteiger partial charge in [-0.15, -0.1) is 0 Å². The molecular formula is C58H70N12O6. The second-order valence-corrected chi connectivity index (χ2v) is 18.5. The van der Waals surface area contributed by atoms with E-state index in [-0.39, 0.29) is 60.6 Å². The third-order valence-corrected chi connectivity index (χ3v) is 12.5. The molecule has 0 radical (unpaired) electrons. The number of carbonyl (C=O) groups is 6. The Morgan fingerprint density at radius 2 is 0.645 bits per heavy atom. The lowest BCUT2D eigenvalue weighted by Crippen LogP contribution is -2.44. The normalized spacial score (nSPS) is 12.2. The number of nitrogens with two attached hydrogens (primary N) is 3. The van der Waals surface area contributed by atoms with Gasteiger partial charge in [-0.25, -0.2) is 0 Å². The summed E-state index contributed by atoms with van der Waals surface area (Å²) < 4.78 is 0. The fourth-order valence-corrected chi connectivity index (χ4v) is 8.56. The average molecular weight is 1030 g/mol. The summed E-state index contributed by atoms with van der Waals surface area (Å²) in [5, 5.41) is 17.6. The van der Waals surface area contributed by atoms with Gasteiger partial charge in [0.25, 0.3) is 0 Å². The van der Waals surface area contributed by atoms with Crippen LogP contribution in [0.2, 0.25) is 0 Å². The monoisotopic (exact) mass is 1030 g/mol. The van der Waals surface area contributed by atoms with E-state index >= 15 is 0 Å². The second-order valence-electron chi connectivity index (χ2n) is 18.5. The van der Waals surface area contributed by atoms with E-state index < -0.39 is 18.1 Å². The summed E-state index contributed by atoms with van der Waals surface area (Å²) in [6.07, 6.45) is 10.1. The molecule has 0 saturated carbocycles. The predicted molar refractivity (Wildman–Crippen MR) is 294 cm³/mol. The number of nitrogens with one attached hydrogen (secondary N) is 6. The van der Waals surface area contributed by atoms with E-state index in [2.05, 4.69) is 46.9 Å². The number of aromatic nitrogens is 3. The molecule has 0 bridgehead atoms. The van der Waals surface area contributed by atoms with Crippen LogP contribution in [0.4, 0.5) is 17.1 Å². The maximum Gasteiger partial charge on any atom is 0.246 e. The predicted octanol–water partition coefficient (Wildman–Crippen LogP) is 5.44. The van der Waals surface area contributed by atoms with Crippen LogP contribution < -0.4 is 49.1 Å². The van der Waals surface area contributed by atoms with E-state index in [4.69, 9.17) is 17.2 Å². The molecule has 0 spiro atoms. The molecule has 6 amide bonds. The second kappa shape index (κ2) is 30.9. The molecule has 18 nitrogen and oxygen atoms in total. The Morgan fingerprint density at radius 3 is 0.882 bits per heavy atom. The summed E-state index contributed by atoms with van der Waals surface area (Å²) in [5.74, 6) is -2.44. The van der Waals surface area contributed by atoms with Gasteiger partial charge in [0, 0.05) is 58.7 Å². The van der Waals surface area contributed by atoms with Gasteiger partial charge < -0.3 is 49.1 Å². The van der Waals surface area contributed by atoms with Crippen LogP contribution in [0.5, 0.6) is 0 Å². The smallest absolute Gasteiger partial charge is 0.246 e. The Labute approximate surface area is 444 Å². The molecule has 0 aliphatic carbocycles. The van der Waals surface area contributed by atoms with Gasteiger partial charge in [-0.3, -0.25) is 43.7 Å². The van der Waals surface area contributed by atoms with E-state index in [1.807, 2.05) is 36.4 Å². The van der Waals surface area contributed by atoms with E-state index in [0.717, 1.165) is 16.7 Å². The van der Waals surface area contributed by atoms with Gasteiger partial charge in [0.05, 0.1) is 19.3 Å². The topological polar surface area (TPSA) is 291 Å². The van der Waals surface area contributed by atoms with Gasteiger partial charge in [0.2, 0.25) is 35.4 Å². The molecule has 0 aliphatic rings. The minimum atomic E-state index is -0.804. The van der Waals surface area contributed by atoms with E-state index in [9.17, 15) is 28.8 Å². The van der Waals surface area contributed by atoms with Crippen molar-refractivity contribution in [3.63, 3.8) is 0 Å². The molecule has 0 fully saturated rings. The van der Waals surface area contributed by atoms with Crippen molar-refractivity contribution in [3.8, 4) is 0 Å². The molecule has 18 heteroatoms. The summed E-state index contributed by atoms with van der Waals surface area (Å²) in [6.45, 7) is 1.38. The first-order valence-corrected chi connectivity index (χ1v) is 25.9. The largest absolute Gasteiger partial charge is 0.344 e. The highest BCUT2D eigenvalue weighted by atomic mass is 16.2. The van der Waals surface area contributed by atoms with Crippen LogP contribution in [-0.2, 0) is 48.0 Å². The maximum atomic E-state index is 13.8. The third-order valence-electron chi connectivity index (χ3n) is 12.5. The van der Waals surface area contributed by atoms with Gasteiger partial charge in [-0.05, 0) is 167 Å². The SMILES string of the molecule is NCCCC[C@@H](NC(=O)Cc1ccccn1)C(=O)Nc1ccc(C(c2ccc(NC(=O)[C@@H](CCCCN)NC(=O)Cc3ccccn3)cc2)c2ccc(NC(=O)[C@@H](CCCCN)NC(=O)Cc3ccccn3)cc2)cc1. The maximum absolute atomic E-state index is 13.8. The van der Waals surface area contributed by atoms with Gasteiger partial charge in [-0.2, -0.15) is 0 Å². The first-order chi connectivity index (χ1) is 37.0. The molecule has 3 aromatic carbocycles. The molecule has 398 valence electrons. The number of rotatable bonds is 30. The van der Waals surface area contributed by atoms with Crippen LogP contribution in [-0.4, -0.2) is 88.2 Å². The molecule has 12 N–H and O–H groups in total. The van der Waals surface area contributed by atoms with Gasteiger partial charge >= 0.3 is 0 Å². The standard InChI is InChI=1S/C58H70N12O6/c59-31-7-1-16-49(68-52(71)37-46-13-4-10-34-62-46)56(74)65-43-25-19-40(20-26-43)55(41-21-27-44(28-22-41)66-57(75)50(17-2-8-32-60)69-53(72)38-47-14-5-11-35-63-47)42-23-29-45(30-24-42)67-58(76)51(18-3-9-33-61)70-54(73)39-48-15-6-12-36-64-48/h4-6,10-15,19-30,34-36,49-51,55H,1-3,7-9,16-18,31-33,37-39,59-61H2,(H,65,74)(H,66,75)(H,67,76)(H,68,71)(H,69,72)(H,70,73)/t49-,50-,51-/m1/s1. The van der Waals surface area contributed by atoms with Gasteiger partial charge in [-0.1, -0.05) is 54.6 Å². The Morgan fingerprint density at radius 1 is 0.368 bits per heavy atom. The van der Waals surface area contributed by atoms with Crippen LogP contribution in [0.15, 0.2) is 146 Å². The first kappa shape index (κ1) is 57.1. The molecule has 3 heterocycles. The van der Waals surface area contributed by atoms with E-state index in [0.29, 0.717) is 112 Å². The van der Waals surface area contributed by atoms with Crippen molar-refractivity contribution >= 4 is 52.5 Å². The van der Waals surface area contributed by atoms with Crippen molar-refractivity contribution < 1.29 is 28.8 Å². The highest BCUT2D eigenvalue weighted by Gasteiger charge is 2.25. The highest BCUT2D eigenvalue weighted by molar-refractivity contribution is 5.99. The van der Waals surface area contributed by atoms with Crippen LogP contribution in [0.25, 0.3) is 0 Å². The molecule has 6 aromatic rings. The quantitative estimate of drug-likeness (QED) is 0.0202. The zero-order chi connectivity index (χ0) is 53.9. The fraction of sp³-hybridized carbons (Fsp3) is 0.328. The molecule has 0 unspecified atom stereocenters. The number of benzene rings is 3. The van der Waals surface area contributed by atoms with Crippen molar-refractivity contribution in [1.82, 2.24) is 30.9 Å². The van der Waals surface area contributed by atoms with E-state index in [1.165, 1.54) is 0 Å². The highest BCUT2D eigenvalue weighted by Crippen LogP contribution is 2.34. The molecule has 76 heavy (non-hydrogen) atoms. The van der Waals surface area contributed by atoms with Crippen molar-refractivity contribution in [1.29, 1.82) is 0 Å². The Balaban J connectivity index is 1.22. The van der Waals surface area contributed by atoms with Crippen molar-refractivity contribution in [2.24, 2.45) is 17.2 Å². The lowest BCUT2D eigenvalue weighted by molar-refractivity contribution is -0.126. The molecular weight excluding hydrogens is 961 g/mol. The summed E-state index contributed by atoms with van der Waals surface area (Å²) in [6, 6.07) is 35.8. The third kappa shape index (κ3) is 18.9. The van der Waals surface area contributed by atoms with Crippen LogP contribution >= 0.6 is 0 Å². The van der Waals surface area contributed by atoms with Gasteiger partial charge in [0.1, 0.15) is 18.1 Å². The number of anilines is 3. The number of amides is 6. The number of carbonyl (C=O) groups excluding carboxylic acids is 6. The Hall–Kier alpha value is -8.19. The lowest BCUT2D eigenvalue weighted by Gasteiger charge is -2.22. The zero-order valence-electron chi connectivity index (χ0n) is 42.8. The molecule has 0 aliphatic heterocycles. The molecule has 0 saturated heterocycles. The number of pyridine rings is 3. The summed E-state index contributed by atoms with van der Waals surface area (Å²) >= 11 is 0. The van der Waals surface area contributed by atoms with Crippen LogP contribution in [0.1, 0.15) is 97.5 Å². The van der Waals surface area contributed by atoms with Crippen molar-refractivity contribution in [3.05, 3.63) is 180 Å². The van der Waals surface area contributed by atoms with Crippen molar-refractivity contribution in [2.75, 3.05) is 35.6 Å². The minimum absolute atomic E-state index is 0.0286. The first-order valence-electron chi connectivity index (χ1n) is 25.9. The summed E-state index contributed by atoms with van der Waals surface area (Å²) in [7, 11) is 0. The van der Waals surface area contributed by atoms with Crippen molar-refractivity contribution in [2.45, 2.75) is 101 Å². The van der Waals surface area contributed by atoms with Gasteiger partial charge in [0.15, 0.2) is 0 Å². The molecule has 3 aromatic heterocycles. The van der Waals surface area contributed by atoms with Crippen LogP contribution in [0, 0.1) is 0 Å². The fourth-order valence-electron chi connectivity index (χ4n) is 8.56. The number of hydrogen-bond acceptors (Lipinski definition) is 12. The Bertz CT molecular complexity index is 2450. The lowest BCUT2D eigenvalue weighted by atomic mass is 9.85. The number of unbranched alkanes of at least 4 members (excludes halogenated alkanes) is 3. The Kier molecular flexibility index (Phi) is 23.2. The molecule has 6 rings (SSSR count).